The predicted octanol–water partition coefficient (Wildman–Crippen LogP) is 2.77. The summed E-state index contributed by atoms with van der Waals surface area (Å²) in [6, 6.07) is 9.59. The fourth-order valence-corrected chi connectivity index (χ4v) is 2.67. The molecule has 2 rings (SSSR count). The van der Waals surface area contributed by atoms with Crippen molar-refractivity contribution in [1.29, 1.82) is 0 Å². The van der Waals surface area contributed by atoms with E-state index >= 15 is 0 Å². The van der Waals surface area contributed by atoms with Crippen LogP contribution in [0.1, 0.15) is 38.2 Å². The van der Waals surface area contributed by atoms with Crippen LogP contribution in [0.4, 0.5) is 5.69 Å². The van der Waals surface area contributed by atoms with Crippen molar-refractivity contribution in [2.75, 3.05) is 18.9 Å². The number of aliphatic imine (C=N–C) groups is 1. The van der Waals surface area contributed by atoms with Crippen LogP contribution in [0, 0.1) is 0 Å². The highest BCUT2D eigenvalue weighted by atomic mass is 16.2. The van der Waals surface area contributed by atoms with Gasteiger partial charge in [0.1, 0.15) is 6.54 Å². The summed E-state index contributed by atoms with van der Waals surface area (Å²) in [5, 5.41) is 13.6. The van der Waals surface area contributed by atoms with Crippen LogP contribution in [0.2, 0.25) is 0 Å². The Hall–Kier alpha value is -2.83. The zero-order valence-electron chi connectivity index (χ0n) is 16.2. The van der Waals surface area contributed by atoms with Crippen LogP contribution in [0.5, 0.6) is 0 Å². The Labute approximate surface area is 161 Å². The van der Waals surface area contributed by atoms with Crippen LogP contribution in [-0.2, 0) is 17.9 Å². The van der Waals surface area contributed by atoms with E-state index in [0.717, 1.165) is 30.2 Å². The zero-order valence-corrected chi connectivity index (χ0v) is 16.2. The molecular formula is C20H30N6O. The fourth-order valence-electron chi connectivity index (χ4n) is 2.67. The van der Waals surface area contributed by atoms with Crippen molar-refractivity contribution in [3.63, 3.8) is 0 Å². The molecule has 0 aliphatic heterocycles. The molecule has 0 atom stereocenters. The SMILES string of the molecule is CCCCCCNC(=NC)NCc1cccc(NC(=O)Cn2cccn2)c1. The molecule has 146 valence electrons. The smallest absolute Gasteiger partial charge is 0.246 e. The van der Waals surface area contributed by atoms with Crippen LogP contribution >= 0.6 is 0 Å². The molecule has 0 saturated heterocycles. The molecule has 27 heavy (non-hydrogen) atoms. The Balaban J connectivity index is 1.77. The van der Waals surface area contributed by atoms with E-state index in [9.17, 15) is 4.79 Å². The molecule has 0 radical (unpaired) electrons. The van der Waals surface area contributed by atoms with Crippen molar-refractivity contribution in [3.8, 4) is 0 Å². The number of anilines is 1. The summed E-state index contributed by atoms with van der Waals surface area (Å²) in [5.41, 5.74) is 1.84. The minimum Gasteiger partial charge on any atom is -0.356 e. The first-order chi connectivity index (χ1) is 13.2. The maximum absolute atomic E-state index is 12.1. The highest BCUT2D eigenvalue weighted by Crippen LogP contribution is 2.10. The van der Waals surface area contributed by atoms with Gasteiger partial charge in [0.05, 0.1) is 0 Å². The van der Waals surface area contributed by atoms with Gasteiger partial charge in [-0.25, -0.2) is 0 Å². The molecular weight excluding hydrogens is 340 g/mol. The van der Waals surface area contributed by atoms with Gasteiger partial charge in [-0.15, -0.1) is 0 Å². The maximum atomic E-state index is 12.1. The molecule has 0 spiro atoms. The van der Waals surface area contributed by atoms with Crippen molar-refractivity contribution in [2.24, 2.45) is 4.99 Å². The lowest BCUT2D eigenvalue weighted by Crippen LogP contribution is -2.37. The highest BCUT2D eigenvalue weighted by molar-refractivity contribution is 5.90. The summed E-state index contributed by atoms with van der Waals surface area (Å²) in [4.78, 5) is 16.3. The number of rotatable bonds is 10. The third kappa shape index (κ3) is 7.94. The molecule has 0 aliphatic carbocycles. The summed E-state index contributed by atoms with van der Waals surface area (Å²) >= 11 is 0. The Morgan fingerprint density at radius 3 is 2.81 bits per heavy atom. The lowest BCUT2D eigenvalue weighted by molar-refractivity contribution is -0.116. The van der Waals surface area contributed by atoms with Crippen molar-refractivity contribution >= 4 is 17.6 Å². The van der Waals surface area contributed by atoms with E-state index in [2.05, 4.69) is 33.0 Å². The van der Waals surface area contributed by atoms with E-state index in [1.54, 1.807) is 30.2 Å². The van der Waals surface area contributed by atoms with Gasteiger partial charge in [0.25, 0.3) is 0 Å². The molecule has 3 N–H and O–H groups in total. The molecule has 2 aromatic rings. The number of hydrogen-bond donors (Lipinski definition) is 3. The van der Waals surface area contributed by atoms with Gasteiger partial charge in [0.2, 0.25) is 5.91 Å². The first-order valence-corrected chi connectivity index (χ1v) is 9.52. The Bertz CT molecular complexity index is 711. The third-order valence-corrected chi connectivity index (χ3v) is 4.08. The second-order valence-corrected chi connectivity index (χ2v) is 6.37. The highest BCUT2D eigenvalue weighted by Gasteiger charge is 2.05. The summed E-state index contributed by atoms with van der Waals surface area (Å²) < 4.78 is 1.59. The zero-order chi connectivity index (χ0) is 19.3. The lowest BCUT2D eigenvalue weighted by atomic mass is 10.2. The number of amides is 1. The maximum Gasteiger partial charge on any atom is 0.246 e. The summed E-state index contributed by atoms with van der Waals surface area (Å²) in [6.07, 6.45) is 8.31. The third-order valence-electron chi connectivity index (χ3n) is 4.08. The van der Waals surface area contributed by atoms with Crippen LogP contribution in [-0.4, -0.2) is 35.2 Å². The van der Waals surface area contributed by atoms with Crippen LogP contribution in [0.3, 0.4) is 0 Å². The fraction of sp³-hybridized carbons (Fsp3) is 0.450. The van der Waals surface area contributed by atoms with Gasteiger partial charge in [0, 0.05) is 38.2 Å². The van der Waals surface area contributed by atoms with E-state index in [1.165, 1.54) is 19.3 Å². The van der Waals surface area contributed by atoms with Gasteiger partial charge in [-0.2, -0.15) is 5.10 Å². The summed E-state index contributed by atoms with van der Waals surface area (Å²) in [7, 11) is 1.77. The number of hydrogen-bond acceptors (Lipinski definition) is 3. The number of benzene rings is 1. The standard InChI is InChI=1S/C20H30N6O/c1-3-4-5-6-11-22-20(21-2)23-15-17-9-7-10-18(14-17)25-19(27)16-26-13-8-12-24-26/h7-10,12-14H,3-6,11,15-16H2,1-2H3,(H,25,27)(H2,21,22,23). The minimum absolute atomic E-state index is 0.103. The lowest BCUT2D eigenvalue weighted by Gasteiger charge is -2.13. The second-order valence-electron chi connectivity index (χ2n) is 6.37. The first-order valence-electron chi connectivity index (χ1n) is 9.52. The number of nitrogens with zero attached hydrogens (tertiary/aromatic N) is 3. The van der Waals surface area contributed by atoms with E-state index in [1.807, 2.05) is 24.3 Å². The number of carbonyl (C=O) groups excluding carboxylic acids is 1. The number of guanidine groups is 1. The van der Waals surface area contributed by atoms with Crippen LogP contribution in [0.25, 0.3) is 0 Å². The molecule has 7 heteroatoms. The van der Waals surface area contributed by atoms with E-state index in [0.29, 0.717) is 6.54 Å². The molecule has 0 unspecified atom stereocenters. The largest absolute Gasteiger partial charge is 0.356 e. The van der Waals surface area contributed by atoms with Crippen molar-refractivity contribution < 1.29 is 4.79 Å². The molecule has 1 aromatic carbocycles. The van der Waals surface area contributed by atoms with Gasteiger partial charge in [0.15, 0.2) is 5.96 Å². The molecule has 1 aromatic heterocycles. The van der Waals surface area contributed by atoms with E-state index in [4.69, 9.17) is 0 Å². The van der Waals surface area contributed by atoms with Gasteiger partial charge in [-0.1, -0.05) is 38.3 Å². The van der Waals surface area contributed by atoms with E-state index in [-0.39, 0.29) is 12.5 Å². The monoisotopic (exact) mass is 370 g/mol. The molecule has 0 fully saturated rings. The quantitative estimate of drug-likeness (QED) is 0.341. The van der Waals surface area contributed by atoms with Gasteiger partial charge >= 0.3 is 0 Å². The molecule has 1 heterocycles. The van der Waals surface area contributed by atoms with E-state index < -0.39 is 0 Å². The number of nitrogens with one attached hydrogen (secondary N) is 3. The average molecular weight is 371 g/mol. The normalized spacial score (nSPS) is 11.3. The predicted molar refractivity (Wildman–Crippen MR) is 110 cm³/mol. The first kappa shape index (κ1) is 20.5. The Morgan fingerprint density at radius 2 is 2.07 bits per heavy atom. The number of aromatic nitrogens is 2. The Kier molecular flexibility index (Phi) is 8.89. The van der Waals surface area contributed by atoms with Crippen LogP contribution < -0.4 is 16.0 Å². The van der Waals surface area contributed by atoms with Crippen molar-refractivity contribution in [1.82, 2.24) is 20.4 Å². The molecule has 0 saturated carbocycles. The Morgan fingerprint density at radius 1 is 1.19 bits per heavy atom. The number of carbonyl (C=O) groups is 1. The second kappa shape index (κ2) is 11.7. The molecule has 0 aliphatic rings. The summed E-state index contributed by atoms with van der Waals surface area (Å²) in [5.74, 6) is 0.688. The molecule has 7 nitrogen and oxygen atoms in total. The topological polar surface area (TPSA) is 83.3 Å². The van der Waals surface area contributed by atoms with Crippen molar-refractivity contribution in [2.45, 2.75) is 45.7 Å². The van der Waals surface area contributed by atoms with Gasteiger partial charge < -0.3 is 16.0 Å². The molecule has 0 bridgehead atoms. The molecule has 1 amide bonds. The van der Waals surface area contributed by atoms with Gasteiger partial charge in [-0.3, -0.25) is 14.5 Å². The van der Waals surface area contributed by atoms with Crippen molar-refractivity contribution in [3.05, 3.63) is 48.3 Å². The average Bonchev–Trinajstić information content (AvgIpc) is 3.17. The van der Waals surface area contributed by atoms with Crippen LogP contribution in [0.15, 0.2) is 47.7 Å². The number of unbranched alkanes of at least 4 members (excludes halogenated alkanes) is 3. The van der Waals surface area contributed by atoms with Gasteiger partial charge in [-0.05, 0) is 30.2 Å². The minimum atomic E-state index is -0.103. The summed E-state index contributed by atoms with van der Waals surface area (Å²) in [6.45, 7) is 3.96.